The average molecular weight is 263 g/mol. The van der Waals surface area contributed by atoms with Gasteiger partial charge >= 0.3 is 0 Å². The summed E-state index contributed by atoms with van der Waals surface area (Å²) in [5, 5.41) is 0. The molecule has 1 aromatic rings. The van der Waals surface area contributed by atoms with Crippen molar-refractivity contribution in [3.05, 3.63) is 29.8 Å². The van der Waals surface area contributed by atoms with Crippen LogP contribution in [0.3, 0.4) is 0 Å². The normalized spacial score (nSPS) is 19.3. The van der Waals surface area contributed by atoms with Crippen LogP contribution in [0.15, 0.2) is 24.3 Å². The maximum atomic E-state index is 12.5. The Hall–Kier alpha value is -1.59. The summed E-state index contributed by atoms with van der Waals surface area (Å²) in [7, 11) is 3.92. The monoisotopic (exact) mass is 263 g/mol. The number of carbonyl (C=O) groups is 1. The van der Waals surface area contributed by atoms with Crippen molar-refractivity contribution in [3.8, 4) is 0 Å². The second-order valence-electron chi connectivity index (χ2n) is 4.91. The zero-order valence-electron chi connectivity index (χ0n) is 11.5. The molecule has 1 heterocycles. The second kappa shape index (κ2) is 6.04. The number of carbonyl (C=O) groups excluding carboxylic acids is 1. The zero-order chi connectivity index (χ0) is 13.8. The Bertz CT molecular complexity index is 448. The van der Waals surface area contributed by atoms with E-state index in [1.165, 1.54) is 0 Å². The van der Waals surface area contributed by atoms with E-state index in [1.807, 2.05) is 48.2 Å². The molecule has 2 N–H and O–H groups in total. The van der Waals surface area contributed by atoms with E-state index in [0.29, 0.717) is 31.9 Å². The lowest BCUT2D eigenvalue weighted by molar-refractivity contribution is 0.000843. The minimum atomic E-state index is -0.0238. The third-order valence-corrected chi connectivity index (χ3v) is 3.37. The maximum absolute atomic E-state index is 12.5. The van der Waals surface area contributed by atoms with Gasteiger partial charge in [-0.25, -0.2) is 0 Å². The van der Waals surface area contributed by atoms with E-state index < -0.39 is 0 Å². The Morgan fingerprint density at radius 3 is 3.00 bits per heavy atom. The molecule has 1 fully saturated rings. The molecule has 1 saturated heterocycles. The number of nitrogens with two attached hydrogens (primary N) is 1. The highest BCUT2D eigenvalue weighted by Crippen LogP contribution is 2.17. The molecular weight excluding hydrogens is 242 g/mol. The lowest BCUT2D eigenvalue weighted by atomic mass is 10.1. The number of amides is 1. The van der Waals surface area contributed by atoms with E-state index in [9.17, 15) is 4.79 Å². The molecule has 0 aromatic heterocycles. The van der Waals surface area contributed by atoms with Gasteiger partial charge in [0, 0.05) is 38.4 Å². The Balaban J connectivity index is 2.20. The third-order valence-electron chi connectivity index (χ3n) is 3.37. The molecular formula is C14H21N3O2. The van der Waals surface area contributed by atoms with Gasteiger partial charge < -0.3 is 20.3 Å². The summed E-state index contributed by atoms with van der Waals surface area (Å²) < 4.78 is 5.37. The number of hydrogen-bond acceptors (Lipinski definition) is 4. The molecule has 1 aromatic carbocycles. The van der Waals surface area contributed by atoms with Crippen LogP contribution in [0, 0.1) is 0 Å². The first-order chi connectivity index (χ1) is 9.13. The lowest BCUT2D eigenvalue weighted by Gasteiger charge is -2.35. The molecule has 0 radical (unpaired) electrons. The summed E-state index contributed by atoms with van der Waals surface area (Å²) in [6.45, 7) is 2.14. The van der Waals surface area contributed by atoms with Crippen molar-refractivity contribution >= 4 is 11.6 Å². The van der Waals surface area contributed by atoms with Crippen LogP contribution in [-0.4, -0.2) is 57.2 Å². The molecule has 5 nitrogen and oxygen atoms in total. The van der Waals surface area contributed by atoms with E-state index in [1.54, 1.807) is 0 Å². The maximum Gasteiger partial charge on any atom is 0.254 e. The van der Waals surface area contributed by atoms with Crippen molar-refractivity contribution in [2.24, 2.45) is 5.73 Å². The molecule has 104 valence electrons. The van der Waals surface area contributed by atoms with Crippen LogP contribution < -0.4 is 10.6 Å². The van der Waals surface area contributed by atoms with Crippen LogP contribution in [0.5, 0.6) is 0 Å². The van der Waals surface area contributed by atoms with Crippen molar-refractivity contribution in [1.82, 2.24) is 4.90 Å². The quantitative estimate of drug-likeness (QED) is 0.865. The van der Waals surface area contributed by atoms with Gasteiger partial charge in [-0.2, -0.15) is 0 Å². The van der Waals surface area contributed by atoms with Gasteiger partial charge in [0.1, 0.15) is 0 Å². The molecule has 0 aliphatic carbocycles. The smallest absolute Gasteiger partial charge is 0.254 e. The van der Waals surface area contributed by atoms with Gasteiger partial charge in [-0.1, -0.05) is 6.07 Å². The van der Waals surface area contributed by atoms with Crippen LogP contribution >= 0.6 is 0 Å². The Morgan fingerprint density at radius 1 is 1.53 bits per heavy atom. The first-order valence-electron chi connectivity index (χ1n) is 6.49. The highest BCUT2D eigenvalue weighted by molar-refractivity contribution is 5.95. The molecule has 1 amide bonds. The number of ether oxygens (including phenoxy) is 1. The summed E-state index contributed by atoms with van der Waals surface area (Å²) in [6.07, 6.45) is 0. The minimum absolute atomic E-state index is 0.0238. The Morgan fingerprint density at radius 2 is 2.32 bits per heavy atom. The van der Waals surface area contributed by atoms with E-state index in [4.69, 9.17) is 10.5 Å². The summed E-state index contributed by atoms with van der Waals surface area (Å²) in [5.74, 6) is 0.0300. The Kier molecular flexibility index (Phi) is 4.39. The highest BCUT2D eigenvalue weighted by Gasteiger charge is 2.27. The number of morpholine rings is 1. The van der Waals surface area contributed by atoms with Crippen molar-refractivity contribution < 1.29 is 9.53 Å². The summed E-state index contributed by atoms with van der Waals surface area (Å²) >= 11 is 0. The molecule has 1 unspecified atom stereocenters. The number of anilines is 1. The first-order valence-corrected chi connectivity index (χ1v) is 6.49. The van der Waals surface area contributed by atoms with E-state index in [-0.39, 0.29) is 11.9 Å². The van der Waals surface area contributed by atoms with Crippen LogP contribution in [0.4, 0.5) is 5.69 Å². The fraction of sp³-hybridized carbons (Fsp3) is 0.500. The highest BCUT2D eigenvalue weighted by atomic mass is 16.5. The van der Waals surface area contributed by atoms with Crippen molar-refractivity contribution in [2.45, 2.75) is 6.04 Å². The van der Waals surface area contributed by atoms with Crippen molar-refractivity contribution in [1.29, 1.82) is 0 Å². The topological polar surface area (TPSA) is 58.8 Å². The summed E-state index contributed by atoms with van der Waals surface area (Å²) in [4.78, 5) is 16.3. The van der Waals surface area contributed by atoms with E-state index in [0.717, 1.165) is 5.69 Å². The zero-order valence-corrected chi connectivity index (χ0v) is 11.5. The molecule has 2 rings (SSSR count). The number of hydrogen-bond donors (Lipinski definition) is 1. The van der Waals surface area contributed by atoms with Crippen LogP contribution in [0.2, 0.25) is 0 Å². The largest absolute Gasteiger partial charge is 0.378 e. The SMILES string of the molecule is CN(C)c1cccc(C(=O)N2CCOCC2CN)c1. The van der Waals surface area contributed by atoms with Gasteiger partial charge in [0.15, 0.2) is 0 Å². The van der Waals surface area contributed by atoms with Crippen LogP contribution in [0.1, 0.15) is 10.4 Å². The Labute approximate surface area is 113 Å². The fourth-order valence-corrected chi connectivity index (χ4v) is 2.20. The summed E-state index contributed by atoms with van der Waals surface area (Å²) in [5.41, 5.74) is 7.42. The molecule has 5 heteroatoms. The number of nitrogens with zero attached hydrogens (tertiary/aromatic N) is 2. The van der Waals surface area contributed by atoms with Gasteiger partial charge in [0.2, 0.25) is 0 Å². The number of benzene rings is 1. The predicted molar refractivity (Wildman–Crippen MR) is 75.5 cm³/mol. The molecule has 0 bridgehead atoms. The first kappa shape index (κ1) is 13.8. The summed E-state index contributed by atoms with van der Waals surface area (Å²) in [6, 6.07) is 7.62. The molecule has 0 spiro atoms. The third kappa shape index (κ3) is 3.05. The second-order valence-corrected chi connectivity index (χ2v) is 4.91. The molecule has 0 saturated carbocycles. The lowest BCUT2D eigenvalue weighted by Crippen LogP contribution is -2.52. The average Bonchev–Trinajstić information content (AvgIpc) is 2.46. The van der Waals surface area contributed by atoms with Gasteiger partial charge in [-0.05, 0) is 18.2 Å². The molecule has 1 aliphatic rings. The minimum Gasteiger partial charge on any atom is -0.378 e. The van der Waals surface area contributed by atoms with Crippen LogP contribution in [0.25, 0.3) is 0 Å². The molecule has 1 atom stereocenters. The van der Waals surface area contributed by atoms with E-state index >= 15 is 0 Å². The molecule has 19 heavy (non-hydrogen) atoms. The van der Waals surface area contributed by atoms with Gasteiger partial charge in [0.05, 0.1) is 19.3 Å². The van der Waals surface area contributed by atoms with E-state index in [2.05, 4.69) is 0 Å². The van der Waals surface area contributed by atoms with Crippen molar-refractivity contribution in [3.63, 3.8) is 0 Å². The van der Waals surface area contributed by atoms with Crippen LogP contribution in [-0.2, 0) is 4.74 Å². The molecule has 1 aliphatic heterocycles. The predicted octanol–water partition coefficient (Wildman–Crippen LogP) is 0.552. The standard InChI is InChI=1S/C14H21N3O2/c1-16(2)12-5-3-4-11(8-12)14(18)17-6-7-19-10-13(17)9-15/h3-5,8,13H,6-7,9-10,15H2,1-2H3. The number of rotatable bonds is 3. The van der Waals surface area contributed by atoms with Crippen molar-refractivity contribution in [2.75, 3.05) is 45.3 Å². The van der Waals surface area contributed by atoms with Gasteiger partial charge in [-0.3, -0.25) is 4.79 Å². The fourth-order valence-electron chi connectivity index (χ4n) is 2.20. The van der Waals surface area contributed by atoms with Gasteiger partial charge in [0.25, 0.3) is 5.91 Å². The van der Waals surface area contributed by atoms with Gasteiger partial charge in [-0.15, -0.1) is 0 Å².